The average Bonchev–Trinajstić information content (AvgIpc) is 2.37. The minimum Gasteiger partial charge on any atom is -0.497 e. The zero-order valence-corrected chi connectivity index (χ0v) is 10.1. The summed E-state index contributed by atoms with van der Waals surface area (Å²) in [5.41, 5.74) is 0.537. The first kappa shape index (κ1) is 12.2. The van der Waals surface area contributed by atoms with E-state index < -0.39 is 5.97 Å². The summed E-state index contributed by atoms with van der Waals surface area (Å²) in [6.45, 7) is 1.19. The summed E-state index contributed by atoms with van der Waals surface area (Å²) in [6.07, 6.45) is 1.31. The summed E-state index contributed by atoms with van der Waals surface area (Å²) in [5.74, 6) is 0.125. The van der Waals surface area contributed by atoms with Crippen molar-refractivity contribution in [2.45, 2.75) is 13.5 Å². The predicted molar refractivity (Wildman–Crippen MR) is 64.5 cm³/mol. The molecule has 1 heterocycles. The van der Waals surface area contributed by atoms with Gasteiger partial charge in [0.15, 0.2) is 5.43 Å². The average molecular weight is 248 g/mol. The molecule has 0 fully saturated rings. The molecule has 0 radical (unpaired) electrons. The Morgan fingerprint density at radius 2 is 2.17 bits per heavy atom. The molecule has 1 aromatic heterocycles. The van der Waals surface area contributed by atoms with Crippen LogP contribution < -0.4 is 10.2 Å². The zero-order chi connectivity index (χ0) is 13.1. The number of methoxy groups -OCH3 is 1. The maximum Gasteiger partial charge on any atom is 0.302 e. The smallest absolute Gasteiger partial charge is 0.302 e. The normalized spacial score (nSPS) is 10.3. The number of ether oxygens (including phenoxy) is 2. The molecule has 0 aliphatic carbocycles. The van der Waals surface area contributed by atoms with E-state index in [0.717, 1.165) is 0 Å². The summed E-state index contributed by atoms with van der Waals surface area (Å²) < 4.78 is 15.1. The largest absolute Gasteiger partial charge is 0.497 e. The van der Waals surface area contributed by atoms with E-state index in [1.54, 1.807) is 18.2 Å². The Balaban J connectivity index is 2.48. The van der Waals surface area contributed by atoms with E-state index in [9.17, 15) is 9.59 Å². The molecule has 2 aromatic rings. The summed E-state index contributed by atoms with van der Waals surface area (Å²) >= 11 is 0. The van der Waals surface area contributed by atoms with E-state index in [1.165, 1.54) is 20.3 Å². The van der Waals surface area contributed by atoms with Gasteiger partial charge in [-0.15, -0.1) is 0 Å². The first-order chi connectivity index (χ1) is 8.61. The number of hydrogen-bond donors (Lipinski definition) is 0. The van der Waals surface area contributed by atoms with Crippen molar-refractivity contribution in [2.24, 2.45) is 0 Å². The van der Waals surface area contributed by atoms with Crippen molar-refractivity contribution < 1.29 is 18.7 Å². The molecule has 0 bridgehead atoms. The van der Waals surface area contributed by atoms with Crippen LogP contribution in [0.3, 0.4) is 0 Å². The molecule has 94 valence electrons. The number of carbonyl (C=O) groups excluding carboxylic acids is 1. The zero-order valence-electron chi connectivity index (χ0n) is 10.1. The van der Waals surface area contributed by atoms with Crippen molar-refractivity contribution in [3.8, 4) is 5.75 Å². The summed E-state index contributed by atoms with van der Waals surface area (Å²) in [6, 6.07) is 4.96. The SMILES string of the molecule is COc1ccc2occ(COC(C)=O)c(=O)c2c1. The lowest BCUT2D eigenvalue weighted by Gasteiger charge is -2.04. The van der Waals surface area contributed by atoms with Crippen molar-refractivity contribution in [1.29, 1.82) is 0 Å². The van der Waals surface area contributed by atoms with Crippen LogP contribution in [0, 0.1) is 0 Å². The number of esters is 1. The third-order valence-corrected chi connectivity index (χ3v) is 2.48. The molecular formula is C13H12O5. The van der Waals surface area contributed by atoms with Gasteiger partial charge in [0.05, 0.1) is 18.1 Å². The Morgan fingerprint density at radius 1 is 1.39 bits per heavy atom. The van der Waals surface area contributed by atoms with Crippen LogP contribution in [0.5, 0.6) is 5.75 Å². The fourth-order valence-corrected chi connectivity index (χ4v) is 1.56. The Bertz CT molecular complexity index is 641. The first-order valence-electron chi connectivity index (χ1n) is 5.33. The number of rotatable bonds is 3. The lowest BCUT2D eigenvalue weighted by atomic mass is 10.2. The van der Waals surface area contributed by atoms with Crippen LogP contribution in [0.25, 0.3) is 11.0 Å². The van der Waals surface area contributed by atoms with Crippen molar-refractivity contribution in [3.63, 3.8) is 0 Å². The lowest BCUT2D eigenvalue weighted by Crippen LogP contribution is -2.11. The highest BCUT2D eigenvalue weighted by Crippen LogP contribution is 2.18. The molecule has 0 unspecified atom stereocenters. The first-order valence-corrected chi connectivity index (χ1v) is 5.33. The quantitative estimate of drug-likeness (QED) is 0.776. The van der Waals surface area contributed by atoms with Gasteiger partial charge < -0.3 is 13.9 Å². The van der Waals surface area contributed by atoms with Gasteiger partial charge in [-0.25, -0.2) is 0 Å². The predicted octanol–water partition coefficient (Wildman–Crippen LogP) is 1.86. The van der Waals surface area contributed by atoms with Gasteiger partial charge in [-0.2, -0.15) is 0 Å². The highest BCUT2D eigenvalue weighted by atomic mass is 16.5. The molecule has 0 N–H and O–H groups in total. The second-order valence-electron chi connectivity index (χ2n) is 3.73. The number of benzene rings is 1. The highest BCUT2D eigenvalue weighted by Gasteiger charge is 2.09. The molecule has 0 spiro atoms. The van der Waals surface area contributed by atoms with Gasteiger partial charge in [0.25, 0.3) is 0 Å². The third kappa shape index (κ3) is 2.34. The van der Waals surface area contributed by atoms with E-state index in [-0.39, 0.29) is 12.0 Å². The van der Waals surface area contributed by atoms with Crippen molar-refractivity contribution in [2.75, 3.05) is 7.11 Å². The molecule has 1 aromatic carbocycles. The van der Waals surface area contributed by atoms with E-state index in [2.05, 4.69) is 0 Å². The second-order valence-corrected chi connectivity index (χ2v) is 3.73. The highest BCUT2D eigenvalue weighted by molar-refractivity contribution is 5.78. The molecular weight excluding hydrogens is 236 g/mol. The van der Waals surface area contributed by atoms with Crippen molar-refractivity contribution in [3.05, 3.63) is 40.2 Å². The fourth-order valence-electron chi connectivity index (χ4n) is 1.56. The maximum absolute atomic E-state index is 12.1. The molecule has 5 heteroatoms. The van der Waals surface area contributed by atoms with Crippen LogP contribution in [0.1, 0.15) is 12.5 Å². The molecule has 0 aliphatic rings. The van der Waals surface area contributed by atoms with Gasteiger partial charge in [0.1, 0.15) is 24.2 Å². The van der Waals surface area contributed by atoms with Crippen LogP contribution in [0.4, 0.5) is 0 Å². The molecule has 0 amide bonds. The number of fused-ring (bicyclic) bond motifs is 1. The summed E-state index contributed by atoms with van der Waals surface area (Å²) in [5, 5.41) is 0.402. The van der Waals surface area contributed by atoms with Crippen LogP contribution in [-0.2, 0) is 16.1 Å². The Labute approximate surface area is 103 Å². The molecule has 0 saturated carbocycles. The van der Waals surface area contributed by atoms with Crippen molar-refractivity contribution >= 4 is 16.9 Å². The molecule has 0 saturated heterocycles. The van der Waals surface area contributed by atoms with Crippen LogP contribution >= 0.6 is 0 Å². The van der Waals surface area contributed by atoms with E-state index in [4.69, 9.17) is 13.9 Å². The standard InChI is InChI=1S/C13H12O5/c1-8(14)17-6-9-7-18-12-4-3-10(16-2)5-11(12)13(9)15/h3-5,7H,6H2,1-2H3. The minimum atomic E-state index is -0.444. The van der Waals surface area contributed by atoms with Gasteiger partial charge in [-0.1, -0.05) is 0 Å². The number of carbonyl (C=O) groups is 1. The lowest BCUT2D eigenvalue weighted by molar-refractivity contribution is -0.142. The summed E-state index contributed by atoms with van der Waals surface area (Å²) in [7, 11) is 1.52. The fraction of sp³-hybridized carbons (Fsp3) is 0.231. The van der Waals surface area contributed by atoms with Crippen LogP contribution in [-0.4, -0.2) is 13.1 Å². The van der Waals surface area contributed by atoms with Gasteiger partial charge in [0.2, 0.25) is 0 Å². The molecule has 0 aliphatic heterocycles. The topological polar surface area (TPSA) is 65.7 Å². The van der Waals surface area contributed by atoms with E-state index in [0.29, 0.717) is 22.3 Å². The van der Waals surface area contributed by atoms with Gasteiger partial charge >= 0.3 is 5.97 Å². The Morgan fingerprint density at radius 3 is 2.83 bits per heavy atom. The molecule has 0 atom stereocenters. The Hall–Kier alpha value is -2.30. The third-order valence-electron chi connectivity index (χ3n) is 2.48. The van der Waals surface area contributed by atoms with E-state index >= 15 is 0 Å². The van der Waals surface area contributed by atoms with Gasteiger partial charge in [-0.05, 0) is 18.2 Å². The van der Waals surface area contributed by atoms with Gasteiger partial charge in [0, 0.05) is 6.92 Å². The Kier molecular flexibility index (Phi) is 3.32. The monoisotopic (exact) mass is 248 g/mol. The second kappa shape index (κ2) is 4.91. The molecule has 18 heavy (non-hydrogen) atoms. The number of hydrogen-bond acceptors (Lipinski definition) is 5. The van der Waals surface area contributed by atoms with Crippen LogP contribution in [0.2, 0.25) is 0 Å². The minimum absolute atomic E-state index is 0.0924. The maximum atomic E-state index is 12.1. The summed E-state index contributed by atoms with van der Waals surface area (Å²) in [4.78, 5) is 22.8. The van der Waals surface area contributed by atoms with E-state index in [1.807, 2.05) is 0 Å². The van der Waals surface area contributed by atoms with Crippen molar-refractivity contribution in [1.82, 2.24) is 0 Å². The van der Waals surface area contributed by atoms with Gasteiger partial charge in [-0.3, -0.25) is 9.59 Å². The van der Waals surface area contributed by atoms with Crippen LogP contribution in [0.15, 0.2) is 33.7 Å². The molecule has 5 nitrogen and oxygen atoms in total. The molecule has 2 rings (SSSR count).